The minimum atomic E-state index is -0.953. The number of hydrogen-bond acceptors (Lipinski definition) is 6. The number of aryl methyl sites for hydroxylation is 1. The Morgan fingerprint density at radius 1 is 1.36 bits per heavy atom. The Kier molecular flexibility index (Phi) is 3.84. The molecule has 0 unspecified atom stereocenters. The standard InChI is InChI=1S/C14H13N5O2S/c1-9-12(13(20)21)22-14(17-9)18-11-4-2-10(3-5-11)6-19-8-15-7-16-19/h2-5,7-8H,6H2,1H3,(H,17,18)(H,20,21). The fourth-order valence-corrected chi connectivity index (χ4v) is 2.79. The molecule has 3 rings (SSSR count). The topological polar surface area (TPSA) is 92.9 Å². The maximum Gasteiger partial charge on any atom is 0.347 e. The van der Waals surface area contributed by atoms with Crippen LogP contribution in [0.4, 0.5) is 10.8 Å². The zero-order chi connectivity index (χ0) is 15.5. The van der Waals surface area contributed by atoms with E-state index in [1.165, 1.54) is 6.33 Å². The highest BCUT2D eigenvalue weighted by molar-refractivity contribution is 7.17. The number of carbonyl (C=O) groups is 1. The SMILES string of the molecule is Cc1nc(Nc2ccc(Cn3cncn3)cc2)sc1C(=O)O. The molecule has 8 heteroatoms. The fourth-order valence-electron chi connectivity index (χ4n) is 1.97. The van der Waals surface area contributed by atoms with E-state index < -0.39 is 5.97 Å². The molecule has 0 aliphatic carbocycles. The molecule has 1 aromatic carbocycles. The average molecular weight is 315 g/mol. The molecule has 2 N–H and O–H groups in total. The summed E-state index contributed by atoms with van der Waals surface area (Å²) in [4.78, 5) is 19.4. The van der Waals surface area contributed by atoms with Crippen LogP contribution in [-0.4, -0.2) is 30.8 Å². The number of aromatic carboxylic acids is 1. The number of anilines is 2. The maximum atomic E-state index is 11.0. The summed E-state index contributed by atoms with van der Waals surface area (Å²) in [5, 5.41) is 16.8. The minimum absolute atomic E-state index is 0.255. The van der Waals surface area contributed by atoms with Crippen molar-refractivity contribution in [3.05, 3.63) is 53.1 Å². The number of benzene rings is 1. The normalized spacial score (nSPS) is 10.6. The lowest BCUT2D eigenvalue weighted by Gasteiger charge is -2.05. The Hall–Kier alpha value is -2.74. The van der Waals surface area contributed by atoms with Crippen LogP contribution < -0.4 is 5.32 Å². The van der Waals surface area contributed by atoms with Crippen LogP contribution in [0, 0.1) is 6.92 Å². The largest absolute Gasteiger partial charge is 0.477 e. The second-order valence-corrected chi connectivity index (χ2v) is 5.65. The minimum Gasteiger partial charge on any atom is -0.477 e. The van der Waals surface area contributed by atoms with Gasteiger partial charge in [0.25, 0.3) is 0 Å². The Labute approximate surface area is 130 Å². The van der Waals surface area contributed by atoms with Crippen molar-refractivity contribution >= 4 is 28.1 Å². The number of thiazole rings is 1. The van der Waals surface area contributed by atoms with Gasteiger partial charge in [-0.15, -0.1) is 0 Å². The molecule has 0 amide bonds. The monoisotopic (exact) mass is 315 g/mol. The van der Waals surface area contributed by atoms with E-state index in [9.17, 15) is 4.79 Å². The second-order valence-electron chi connectivity index (χ2n) is 4.65. The summed E-state index contributed by atoms with van der Waals surface area (Å²) in [6.07, 6.45) is 3.17. The number of aromatic nitrogens is 4. The summed E-state index contributed by atoms with van der Waals surface area (Å²) in [6, 6.07) is 7.79. The van der Waals surface area contributed by atoms with Crippen molar-refractivity contribution in [2.75, 3.05) is 5.32 Å². The van der Waals surface area contributed by atoms with Crippen LogP contribution in [0.25, 0.3) is 0 Å². The van der Waals surface area contributed by atoms with Crippen molar-refractivity contribution in [1.29, 1.82) is 0 Å². The van der Waals surface area contributed by atoms with Gasteiger partial charge in [-0.05, 0) is 24.6 Å². The van der Waals surface area contributed by atoms with Crippen LogP contribution >= 0.6 is 11.3 Å². The van der Waals surface area contributed by atoms with Gasteiger partial charge in [0, 0.05) is 5.69 Å². The van der Waals surface area contributed by atoms with Gasteiger partial charge in [-0.3, -0.25) is 0 Å². The highest BCUT2D eigenvalue weighted by Crippen LogP contribution is 2.25. The van der Waals surface area contributed by atoms with Crippen LogP contribution in [0.5, 0.6) is 0 Å². The van der Waals surface area contributed by atoms with E-state index in [1.807, 2.05) is 24.3 Å². The number of rotatable bonds is 5. The van der Waals surface area contributed by atoms with Gasteiger partial charge in [0.05, 0.1) is 12.2 Å². The zero-order valence-corrected chi connectivity index (χ0v) is 12.5. The van der Waals surface area contributed by atoms with Gasteiger partial charge >= 0.3 is 5.97 Å². The first kappa shape index (κ1) is 14.2. The van der Waals surface area contributed by atoms with E-state index in [0.717, 1.165) is 22.6 Å². The molecule has 0 saturated carbocycles. The van der Waals surface area contributed by atoms with Gasteiger partial charge in [0.2, 0.25) is 0 Å². The van der Waals surface area contributed by atoms with Gasteiger partial charge < -0.3 is 10.4 Å². The van der Waals surface area contributed by atoms with Crippen LogP contribution in [0.1, 0.15) is 20.9 Å². The summed E-state index contributed by atoms with van der Waals surface area (Å²) in [5.41, 5.74) is 2.47. The lowest BCUT2D eigenvalue weighted by Crippen LogP contribution is -1.99. The van der Waals surface area contributed by atoms with Crippen molar-refractivity contribution in [2.45, 2.75) is 13.5 Å². The van der Waals surface area contributed by atoms with Gasteiger partial charge in [0.15, 0.2) is 5.13 Å². The summed E-state index contributed by atoms with van der Waals surface area (Å²) in [7, 11) is 0. The Bertz CT molecular complexity index is 780. The number of carboxylic acids is 1. The Morgan fingerprint density at radius 3 is 2.73 bits per heavy atom. The number of carboxylic acid groups (broad SMARTS) is 1. The van der Waals surface area contributed by atoms with E-state index in [0.29, 0.717) is 17.4 Å². The Balaban J connectivity index is 1.70. The van der Waals surface area contributed by atoms with Crippen LogP contribution in [-0.2, 0) is 6.54 Å². The summed E-state index contributed by atoms with van der Waals surface area (Å²) < 4.78 is 1.74. The molecular weight excluding hydrogens is 302 g/mol. The molecule has 0 atom stereocenters. The first-order valence-electron chi connectivity index (χ1n) is 6.51. The van der Waals surface area contributed by atoms with Crippen molar-refractivity contribution in [1.82, 2.24) is 19.7 Å². The lowest BCUT2D eigenvalue weighted by molar-refractivity contribution is 0.0701. The zero-order valence-electron chi connectivity index (χ0n) is 11.7. The molecule has 7 nitrogen and oxygen atoms in total. The Morgan fingerprint density at radius 2 is 2.14 bits per heavy atom. The average Bonchev–Trinajstić information content (AvgIpc) is 3.11. The van der Waals surface area contributed by atoms with Crippen molar-refractivity contribution < 1.29 is 9.90 Å². The van der Waals surface area contributed by atoms with Gasteiger partial charge in [-0.25, -0.2) is 19.4 Å². The molecule has 22 heavy (non-hydrogen) atoms. The molecule has 2 aromatic heterocycles. The smallest absolute Gasteiger partial charge is 0.347 e. The number of hydrogen-bond donors (Lipinski definition) is 2. The van der Waals surface area contributed by atoms with E-state index in [-0.39, 0.29) is 4.88 Å². The molecule has 0 aliphatic rings. The highest BCUT2D eigenvalue weighted by Gasteiger charge is 2.13. The van der Waals surface area contributed by atoms with Gasteiger partial charge in [-0.2, -0.15) is 5.10 Å². The molecule has 0 saturated heterocycles. The summed E-state index contributed by atoms with van der Waals surface area (Å²) in [5.74, 6) is -0.953. The van der Waals surface area contributed by atoms with E-state index >= 15 is 0 Å². The molecule has 0 spiro atoms. The van der Waals surface area contributed by atoms with Crippen molar-refractivity contribution in [3.8, 4) is 0 Å². The third kappa shape index (κ3) is 3.12. The van der Waals surface area contributed by atoms with Gasteiger partial charge in [0.1, 0.15) is 17.5 Å². The third-order valence-corrected chi connectivity index (χ3v) is 4.07. The molecule has 0 fully saturated rings. The number of nitrogens with one attached hydrogen (secondary N) is 1. The first-order chi connectivity index (χ1) is 10.6. The summed E-state index contributed by atoms with van der Waals surface area (Å²) >= 11 is 1.13. The fraction of sp³-hybridized carbons (Fsp3) is 0.143. The van der Waals surface area contributed by atoms with Crippen molar-refractivity contribution in [3.63, 3.8) is 0 Å². The molecular formula is C14H13N5O2S. The van der Waals surface area contributed by atoms with Crippen LogP contribution in [0.3, 0.4) is 0 Å². The van der Waals surface area contributed by atoms with E-state index in [2.05, 4.69) is 20.4 Å². The van der Waals surface area contributed by atoms with E-state index in [4.69, 9.17) is 5.11 Å². The quantitative estimate of drug-likeness (QED) is 0.751. The first-order valence-corrected chi connectivity index (χ1v) is 7.32. The predicted molar refractivity (Wildman–Crippen MR) is 82.7 cm³/mol. The molecule has 0 bridgehead atoms. The van der Waals surface area contributed by atoms with Crippen LogP contribution in [0.15, 0.2) is 36.9 Å². The molecule has 2 heterocycles. The molecule has 3 aromatic rings. The van der Waals surface area contributed by atoms with Crippen LogP contribution in [0.2, 0.25) is 0 Å². The predicted octanol–water partition coefficient (Wildman–Crippen LogP) is 2.53. The van der Waals surface area contributed by atoms with E-state index in [1.54, 1.807) is 17.9 Å². The lowest BCUT2D eigenvalue weighted by atomic mass is 10.2. The van der Waals surface area contributed by atoms with Crippen molar-refractivity contribution in [2.24, 2.45) is 0 Å². The summed E-state index contributed by atoms with van der Waals surface area (Å²) in [6.45, 7) is 2.34. The number of nitrogens with zero attached hydrogens (tertiary/aromatic N) is 4. The molecule has 0 aliphatic heterocycles. The maximum absolute atomic E-state index is 11.0. The van der Waals surface area contributed by atoms with Gasteiger partial charge in [-0.1, -0.05) is 23.5 Å². The molecule has 112 valence electrons. The second kappa shape index (κ2) is 5.94. The molecule has 0 radical (unpaired) electrons. The third-order valence-electron chi connectivity index (χ3n) is 3.01. The highest BCUT2D eigenvalue weighted by atomic mass is 32.1.